The van der Waals surface area contributed by atoms with Crippen LogP contribution < -0.4 is 4.74 Å². The van der Waals surface area contributed by atoms with E-state index in [2.05, 4.69) is 48.8 Å². The third kappa shape index (κ3) is 2.74. The minimum Gasteiger partial charge on any atom is -0.497 e. The molecule has 0 saturated carbocycles. The van der Waals surface area contributed by atoms with Crippen LogP contribution in [0.15, 0.2) is 12.1 Å². The highest BCUT2D eigenvalue weighted by molar-refractivity contribution is 9.09. The van der Waals surface area contributed by atoms with E-state index < -0.39 is 0 Å². The highest BCUT2D eigenvalue weighted by atomic mass is 79.9. The molecule has 0 aromatic heterocycles. The zero-order valence-corrected chi connectivity index (χ0v) is 10.8. The van der Waals surface area contributed by atoms with Crippen LogP contribution in [0.4, 0.5) is 0 Å². The topological polar surface area (TPSA) is 9.23 Å². The van der Waals surface area contributed by atoms with Gasteiger partial charge in [-0.3, -0.25) is 0 Å². The van der Waals surface area contributed by atoms with Gasteiger partial charge in [0.15, 0.2) is 0 Å². The third-order valence-electron chi connectivity index (χ3n) is 2.39. The molecule has 14 heavy (non-hydrogen) atoms. The number of alkyl halides is 1. The maximum Gasteiger partial charge on any atom is 0.119 e. The molecule has 0 radical (unpaired) electrons. The van der Waals surface area contributed by atoms with Crippen LogP contribution in [-0.4, -0.2) is 11.9 Å². The number of hydrogen-bond acceptors (Lipinski definition) is 1. The number of halogens is 1. The Morgan fingerprint density at radius 2 is 1.79 bits per heavy atom. The summed E-state index contributed by atoms with van der Waals surface area (Å²) in [6.07, 6.45) is 1.07. The Morgan fingerprint density at radius 3 is 2.14 bits per heavy atom. The lowest BCUT2D eigenvalue weighted by atomic mass is 9.98. The fourth-order valence-electron chi connectivity index (χ4n) is 1.67. The first-order chi connectivity index (χ1) is 6.54. The highest BCUT2D eigenvalue weighted by Gasteiger charge is 2.07. The minimum absolute atomic E-state index is 0.522. The molecule has 0 heterocycles. The number of rotatable bonds is 3. The number of aryl methyl sites for hydroxylation is 2. The van der Waals surface area contributed by atoms with Crippen LogP contribution in [0.25, 0.3) is 0 Å². The quantitative estimate of drug-likeness (QED) is 0.751. The van der Waals surface area contributed by atoms with Crippen LogP contribution in [0, 0.1) is 13.8 Å². The number of ether oxygens (including phenoxy) is 1. The molecule has 1 unspecified atom stereocenters. The Bertz CT molecular complexity index is 295. The summed E-state index contributed by atoms with van der Waals surface area (Å²) in [5.74, 6) is 0.950. The molecule has 0 N–H and O–H groups in total. The second kappa shape index (κ2) is 4.83. The van der Waals surface area contributed by atoms with E-state index >= 15 is 0 Å². The maximum absolute atomic E-state index is 5.22. The molecule has 1 aromatic rings. The molecule has 0 aliphatic heterocycles. The van der Waals surface area contributed by atoms with E-state index in [9.17, 15) is 0 Å². The zero-order valence-electron chi connectivity index (χ0n) is 9.23. The zero-order chi connectivity index (χ0) is 10.7. The van der Waals surface area contributed by atoms with Gasteiger partial charge in [-0.15, -0.1) is 0 Å². The van der Waals surface area contributed by atoms with Crippen molar-refractivity contribution in [3.63, 3.8) is 0 Å². The molecular formula is C12H17BrO. The summed E-state index contributed by atoms with van der Waals surface area (Å²) < 4.78 is 5.22. The van der Waals surface area contributed by atoms with Crippen LogP contribution in [-0.2, 0) is 6.42 Å². The van der Waals surface area contributed by atoms with E-state index in [4.69, 9.17) is 4.74 Å². The molecule has 0 bridgehead atoms. The Morgan fingerprint density at radius 1 is 1.29 bits per heavy atom. The van der Waals surface area contributed by atoms with E-state index in [1.54, 1.807) is 7.11 Å². The second-order valence-corrected chi connectivity index (χ2v) is 5.29. The summed E-state index contributed by atoms with van der Waals surface area (Å²) in [7, 11) is 1.71. The molecule has 1 aromatic carbocycles. The van der Waals surface area contributed by atoms with E-state index in [0.29, 0.717) is 4.83 Å². The molecule has 0 aliphatic rings. The molecule has 0 amide bonds. The van der Waals surface area contributed by atoms with Gasteiger partial charge in [0.1, 0.15) is 5.75 Å². The van der Waals surface area contributed by atoms with Crippen molar-refractivity contribution in [3.8, 4) is 5.75 Å². The van der Waals surface area contributed by atoms with E-state index in [-0.39, 0.29) is 0 Å². The molecular weight excluding hydrogens is 240 g/mol. The summed E-state index contributed by atoms with van der Waals surface area (Å²) in [4.78, 5) is 0.522. The normalized spacial score (nSPS) is 12.6. The molecule has 0 spiro atoms. The van der Waals surface area contributed by atoms with Gasteiger partial charge in [-0.25, -0.2) is 0 Å². The monoisotopic (exact) mass is 256 g/mol. The molecule has 1 nitrogen and oxygen atoms in total. The van der Waals surface area contributed by atoms with Crippen molar-refractivity contribution in [3.05, 3.63) is 28.8 Å². The van der Waals surface area contributed by atoms with Crippen molar-refractivity contribution in [2.75, 3.05) is 7.11 Å². The number of hydrogen-bond donors (Lipinski definition) is 0. The summed E-state index contributed by atoms with van der Waals surface area (Å²) in [5.41, 5.74) is 4.05. The first-order valence-electron chi connectivity index (χ1n) is 4.82. The second-order valence-electron chi connectivity index (χ2n) is 3.72. The minimum atomic E-state index is 0.522. The lowest BCUT2D eigenvalue weighted by Gasteiger charge is -2.13. The Balaban J connectivity index is 3.05. The Labute approximate surface area is 94.6 Å². The average molecular weight is 257 g/mol. The van der Waals surface area contributed by atoms with Crippen molar-refractivity contribution >= 4 is 15.9 Å². The Kier molecular flexibility index (Phi) is 3.99. The molecule has 0 fully saturated rings. The molecule has 2 heteroatoms. The van der Waals surface area contributed by atoms with Crippen LogP contribution >= 0.6 is 15.9 Å². The van der Waals surface area contributed by atoms with Crippen molar-refractivity contribution in [1.29, 1.82) is 0 Å². The average Bonchev–Trinajstić information content (AvgIpc) is 2.10. The van der Waals surface area contributed by atoms with Crippen molar-refractivity contribution in [1.82, 2.24) is 0 Å². The molecule has 78 valence electrons. The standard InChI is InChI=1S/C12H17BrO/c1-8-5-11(14-4)6-9(2)12(8)7-10(3)13/h5-6,10H,7H2,1-4H3. The lowest BCUT2D eigenvalue weighted by Crippen LogP contribution is -2.02. The Hall–Kier alpha value is -0.500. The number of methoxy groups -OCH3 is 1. The van der Waals surface area contributed by atoms with Gasteiger partial charge in [0.05, 0.1) is 7.11 Å². The van der Waals surface area contributed by atoms with Crippen LogP contribution in [0.3, 0.4) is 0 Å². The summed E-state index contributed by atoms with van der Waals surface area (Å²) in [6.45, 7) is 6.45. The van der Waals surface area contributed by atoms with Crippen molar-refractivity contribution in [2.24, 2.45) is 0 Å². The van der Waals surface area contributed by atoms with Gasteiger partial charge in [-0.2, -0.15) is 0 Å². The predicted molar refractivity (Wildman–Crippen MR) is 64.6 cm³/mol. The van der Waals surface area contributed by atoms with Crippen molar-refractivity contribution < 1.29 is 4.74 Å². The molecule has 1 rings (SSSR count). The van der Waals surface area contributed by atoms with E-state index in [1.807, 2.05) is 0 Å². The van der Waals surface area contributed by atoms with E-state index in [0.717, 1.165) is 12.2 Å². The van der Waals surface area contributed by atoms with Gasteiger partial charge in [-0.05, 0) is 49.1 Å². The number of benzene rings is 1. The van der Waals surface area contributed by atoms with Crippen molar-refractivity contribution in [2.45, 2.75) is 32.0 Å². The largest absolute Gasteiger partial charge is 0.497 e. The molecule has 0 aliphatic carbocycles. The molecule has 1 atom stereocenters. The maximum atomic E-state index is 5.22. The summed E-state index contributed by atoms with van der Waals surface area (Å²) in [5, 5.41) is 0. The third-order valence-corrected chi connectivity index (χ3v) is 2.71. The fourth-order valence-corrected chi connectivity index (χ4v) is 2.00. The highest BCUT2D eigenvalue weighted by Crippen LogP contribution is 2.23. The van der Waals surface area contributed by atoms with Gasteiger partial charge < -0.3 is 4.74 Å². The summed E-state index contributed by atoms with van der Waals surface area (Å²) in [6, 6.07) is 4.19. The van der Waals surface area contributed by atoms with Gasteiger partial charge in [0.2, 0.25) is 0 Å². The smallest absolute Gasteiger partial charge is 0.119 e. The predicted octanol–water partition coefficient (Wildman–Crippen LogP) is 3.64. The van der Waals surface area contributed by atoms with Gasteiger partial charge in [0, 0.05) is 4.83 Å². The first-order valence-corrected chi connectivity index (χ1v) is 5.74. The van der Waals surface area contributed by atoms with Gasteiger partial charge >= 0.3 is 0 Å². The van der Waals surface area contributed by atoms with Crippen LogP contribution in [0.5, 0.6) is 5.75 Å². The van der Waals surface area contributed by atoms with Gasteiger partial charge in [0.25, 0.3) is 0 Å². The summed E-state index contributed by atoms with van der Waals surface area (Å²) >= 11 is 3.58. The van der Waals surface area contributed by atoms with E-state index in [1.165, 1.54) is 16.7 Å². The lowest BCUT2D eigenvalue weighted by molar-refractivity contribution is 0.414. The molecule has 0 saturated heterocycles. The van der Waals surface area contributed by atoms with Gasteiger partial charge in [-0.1, -0.05) is 22.9 Å². The van der Waals surface area contributed by atoms with Crippen LogP contribution in [0.2, 0.25) is 0 Å². The van der Waals surface area contributed by atoms with Crippen LogP contribution in [0.1, 0.15) is 23.6 Å². The fraction of sp³-hybridized carbons (Fsp3) is 0.500. The first kappa shape index (κ1) is 11.6. The SMILES string of the molecule is COc1cc(C)c(CC(C)Br)c(C)c1.